The van der Waals surface area contributed by atoms with Crippen LogP contribution in [0, 0.1) is 5.92 Å². The van der Waals surface area contributed by atoms with Crippen LogP contribution in [-0.4, -0.2) is 25.0 Å². The van der Waals surface area contributed by atoms with Gasteiger partial charge in [-0.2, -0.15) is 0 Å². The predicted octanol–water partition coefficient (Wildman–Crippen LogP) is 2.06. The number of carbonyl (C=O) groups excluding carboxylic acids is 2. The van der Waals surface area contributed by atoms with Crippen LogP contribution in [-0.2, 0) is 20.7 Å². The molecule has 2 atom stereocenters. The summed E-state index contributed by atoms with van der Waals surface area (Å²) >= 11 is 0. The van der Waals surface area contributed by atoms with Crippen LogP contribution >= 0.6 is 0 Å². The van der Waals surface area contributed by atoms with Crippen molar-refractivity contribution in [3.05, 3.63) is 24.2 Å². The molecule has 110 valence electrons. The van der Waals surface area contributed by atoms with Crippen LogP contribution in [0.15, 0.2) is 22.8 Å². The van der Waals surface area contributed by atoms with Crippen LogP contribution in [0.3, 0.4) is 0 Å². The number of amides is 1. The van der Waals surface area contributed by atoms with Crippen molar-refractivity contribution < 1.29 is 18.7 Å². The van der Waals surface area contributed by atoms with E-state index in [0.717, 1.165) is 25.0 Å². The maximum Gasteiger partial charge on any atom is 0.308 e. The number of hydrogen-bond donors (Lipinski definition) is 1. The van der Waals surface area contributed by atoms with E-state index in [0.29, 0.717) is 19.3 Å². The summed E-state index contributed by atoms with van der Waals surface area (Å²) in [4.78, 5) is 23.4. The monoisotopic (exact) mass is 279 g/mol. The number of rotatable bonds is 5. The van der Waals surface area contributed by atoms with Crippen molar-refractivity contribution in [1.82, 2.24) is 5.32 Å². The SMILES string of the molecule is COC(=O)C1CCCC(NC(=O)CCc2ccco2)C1. The predicted molar refractivity (Wildman–Crippen MR) is 72.9 cm³/mol. The minimum absolute atomic E-state index is 0.0110. The largest absolute Gasteiger partial charge is 0.469 e. The Morgan fingerprint density at radius 3 is 3.00 bits per heavy atom. The van der Waals surface area contributed by atoms with Crippen molar-refractivity contribution >= 4 is 11.9 Å². The molecule has 20 heavy (non-hydrogen) atoms. The highest BCUT2D eigenvalue weighted by Gasteiger charge is 2.28. The van der Waals surface area contributed by atoms with Crippen molar-refractivity contribution in [2.75, 3.05) is 7.11 Å². The number of methoxy groups -OCH3 is 1. The Hall–Kier alpha value is -1.78. The second kappa shape index (κ2) is 7.12. The molecule has 5 nitrogen and oxygen atoms in total. The lowest BCUT2D eigenvalue weighted by Gasteiger charge is -2.28. The second-order valence-electron chi connectivity index (χ2n) is 5.23. The molecule has 1 N–H and O–H groups in total. The maximum atomic E-state index is 11.9. The molecule has 0 radical (unpaired) electrons. The van der Waals surface area contributed by atoms with Gasteiger partial charge in [0.1, 0.15) is 5.76 Å². The van der Waals surface area contributed by atoms with E-state index in [4.69, 9.17) is 9.15 Å². The number of esters is 1. The third-order valence-electron chi connectivity index (χ3n) is 3.75. The van der Waals surface area contributed by atoms with Crippen molar-refractivity contribution in [3.8, 4) is 0 Å². The third kappa shape index (κ3) is 4.11. The lowest BCUT2D eigenvalue weighted by molar-refractivity contribution is -0.147. The summed E-state index contributed by atoms with van der Waals surface area (Å²) in [5.74, 6) is 0.580. The fraction of sp³-hybridized carbons (Fsp3) is 0.600. The third-order valence-corrected chi connectivity index (χ3v) is 3.75. The van der Waals surface area contributed by atoms with Gasteiger partial charge in [-0.05, 0) is 31.4 Å². The minimum Gasteiger partial charge on any atom is -0.469 e. The Balaban J connectivity index is 1.74. The summed E-state index contributed by atoms with van der Waals surface area (Å²) in [6.45, 7) is 0. The normalized spacial score (nSPS) is 22.2. The lowest BCUT2D eigenvalue weighted by Crippen LogP contribution is -2.40. The molecule has 1 aromatic heterocycles. The van der Waals surface area contributed by atoms with Crippen molar-refractivity contribution in [2.24, 2.45) is 5.92 Å². The molecule has 1 aliphatic carbocycles. The molecule has 0 saturated heterocycles. The van der Waals surface area contributed by atoms with E-state index in [1.165, 1.54) is 7.11 Å². The molecule has 0 aromatic carbocycles. The van der Waals surface area contributed by atoms with E-state index >= 15 is 0 Å². The van der Waals surface area contributed by atoms with Gasteiger partial charge in [-0.3, -0.25) is 9.59 Å². The standard InChI is InChI=1S/C15H21NO4/c1-19-15(18)11-4-2-5-12(10-11)16-14(17)8-7-13-6-3-9-20-13/h3,6,9,11-12H,2,4-5,7-8,10H2,1H3,(H,16,17). The molecule has 1 aliphatic rings. The Morgan fingerprint density at radius 1 is 1.45 bits per heavy atom. The summed E-state index contributed by atoms with van der Waals surface area (Å²) in [5, 5.41) is 3.00. The van der Waals surface area contributed by atoms with Crippen LogP contribution in [0.5, 0.6) is 0 Å². The van der Waals surface area contributed by atoms with Gasteiger partial charge in [0, 0.05) is 18.9 Å². The van der Waals surface area contributed by atoms with Gasteiger partial charge in [-0.1, -0.05) is 6.42 Å². The zero-order chi connectivity index (χ0) is 14.4. The highest BCUT2D eigenvalue weighted by molar-refractivity contribution is 5.77. The van der Waals surface area contributed by atoms with Crippen LogP contribution in [0.4, 0.5) is 0 Å². The van der Waals surface area contributed by atoms with Crippen LogP contribution in [0.1, 0.15) is 37.9 Å². The first kappa shape index (κ1) is 14.6. The van der Waals surface area contributed by atoms with Crippen LogP contribution < -0.4 is 5.32 Å². The summed E-state index contributed by atoms with van der Waals surface area (Å²) in [6, 6.07) is 3.76. The number of ether oxygens (including phenoxy) is 1. The summed E-state index contributed by atoms with van der Waals surface area (Å²) in [5.41, 5.74) is 0. The summed E-state index contributed by atoms with van der Waals surface area (Å²) < 4.78 is 9.97. The average molecular weight is 279 g/mol. The molecule has 0 aliphatic heterocycles. The molecule has 0 spiro atoms. The zero-order valence-corrected chi connectivity index (χ0v) is 11.8. The number of aryl methyl sites for hydroxylation is 1. The topological polar surface area (TPSA) is 68.5 Å². The van der Waals surface area contributed by atoms with Gasteiger partial charge in [0.2, 0.25) is 5.91 Å². The smallest absolute Gasteiger partial charge is 0.308 e. The first-order chi connectivity index (χ1) is 9.69. The van der Waals surface area contributed by atoms with Gasteiger partial charge in [-0.25, -0.2) is 0 Å². The van der Waals surface area contributed by atoms with E-state index in [2.05, 4.69) is 5.32 Å². The van der Waals surface area contributed by atoms with Crippen molar-refractivity contribution in [1.29, 1.82) is 0 Å². The van der Waals surface area contributed by atoms with Crippen LogP contribution in [0.2, 0.25) is 0 Å². The Morgan fingerprint density at radius 2 is 2.30 bits per heavy atom. The van der Waals surface area contributed by atoms with E-state index in [1.807, 2.05) is 12.1 Å². The van der Waals surface area contributed by atoms with Crippen LogP contribution in [0.25, 0.3) is 0 Å². The van der Waals surface area contributed by atoms with Crippen molar-refractivity contribution in [3.63, 3.8) is 0 Å². The molecule has 1 aromatic rings. The van der Waals surface area contributed by atoms with Crippen molar-refractivity contribution in [2.45, 2.75) is 44.6 Å². The first-order valence-electron chi connectivity index (χ1n) is 7.08. The molecule has 2 unspecified atom stereocenters. The first-order valence-corrected chi connectivity index (χ1v) is 7.08. The van der Waals surface area contributed by atoms with Gasteiger partial charge in [0.25, 0.3) is 0 Å². The molecule has 2 rings (SSSR count). The number of furan rings is 1. The number of nitrogens with one attached hydrogen (secondary N) is 1. The van der Waals surface area contributed by atoms with E-state index < -0.39 is 0 Å². The molecular weight excluding hydrogens is 258 g/mol. The molecule has 0 bridgehead atoms. The molecular formula is C15H21NO4. The fourth-order valence-electron chi connectivity index (χ4n) is 2.69. The number of carbonyl (C=O) groups is 2. The highest BCUT2D eigenvalue weighted by atomic mass is 16.5. The fourth-order valence-corrected chi connectivity index (χ4v) is 2.69. The van der Waals surface area contributed by atoms with Gasteiger partial charge in [0.15, 0.2) is 0 Å². The minimum atomic E-state index is -0.167. The summed E-state index contributed by atoms with van der Waals surface area (Å²) in [6.07, 6.45) is 6.03. The Bertz CT molecular complexity index is 441. The maximum absolute atomic E-state index is 11.9. The average Bonchev–Trinajstić information content (AvgIpc) is 2.98. The highest BCUT2D eigenvalue weighted by Crippen LogP contribution is 2.25. The van der Waals surface area contributed by atoms with Gasteiger partial charge >= 0.3 is 5.97 Å². The molecule has 1 heterocycles. The zero-order valence-electron chi connectivity index (χ0n) is 11.8. The summed E-state index contributed by atoms with van der Waals surface area (Å²) in [7, 11) is 1.41. The second-order valence-corrected chi connectivity index (χ2v) is 5.23. The molecule has 1 amide bonds. The van der Waals surface area contributed by atoms with E-state index in [9.17, 15) is 9.59 Å². The Kier molecular flexibility index (Phi) is 5.21. The quantitative estimate of drug-likeness (QED) is 0.838. The van der Waals surface area contributed by atoms with Gasteiger partial charge in [-0.15, -0.1) is 0 Å². The van der Waals surface area contributed by atoms with E-state index in [-0.39, 0.29) is 23.8 Å². The lowest BCUT2D eigenvalue weighted by atomic mass is 9.85. The van der Waals surface area contributed by atoms with E-state index in [1.54, 1.807) is 6.26 Å². The number of hydrogen-bond acceptors (Lipinski definition) is 4. The van der Waals surface area contributed by atoms with Gasteiger partial charge < -0.3 is 14.5 Å². The molecule has 1 saturated carbocycles. The van der Waals surface area contributed by atoms with Gasteiger partial charge in [0.05, 0.1) is 19.3 Å². The molecule has 5 heteroatoms. The Labute approximate surface area is 118 Å². The molecule has 1 fully saturated rings.